The van der Waals surface area contributed by atoms with Crippen molar-refractivity contribution < 1.29 is 28.5 Å². The normalized spacial score (nSPS) is 10.6. The molecule has 0 aliphatic heterocycles. The van der Waals surface area contributed by atoms with Crippen LogP contribution in [0.4, 0.5) is 5.69 Å². The van der Waals surface area contributed by atoms with Crippen molar-refractivity contribution in [2.24, 2.45) is 0 Å². The van der Waals surface area contributed by atoms with Gasteiger partial charge >= 0.3 is 0 Å². The van der Waals surface area contributed by atoms with Crippen molar-refractivity contribution >= 4 is 22.5 Å². The van der Waals surface area contributed by atoms with Gasteiger partial charge in [0, 0.05) is 24.6 Å². The lowest BCUT2D eigenvalue weighted by molar-refractivity contribution is 0.0991. The lowest BCUT2D eigenvalue weighted by Crippen LogP contribution is -2.31. The number of anilines is 1. The van der Waals surface area contributed by atoms with Crippen molar-refractivity contribution in [3.63, 3.8) is 0 Å². The van der Waals surface area contributed by atoms with E-state index in [1.165, 1.54) is 32.4 Å². The van der Waals surface area contributed by atoms with Gasteiger partial charge < -0.3 is 33.2 Å². The second-order valence-electron chi connectivity index (χ2n) is 8.04. The fraction of sp³-hybridized carbons (Fsp3) is 0.214. The summed E-state index contributed by atoms with van der Waals surface area (Å²) in [6.45, 7) is 0. The molecule has 192 valence electrons. The molecule has 4 aromatic rings. The number of fused-ring (bicyclic) bond motifs is 1. The molecule has 9 heteroatoms. The number of carbonyl (C=O) groups is 1. The average molecular weight is 505 g/mol. The van der Waals surface area contributed by atoms with E-state index in [9.17, 15) is 9.59 Å². The van der Waals surface area contributed by atoms with Crippen LogP contribution >= 0.6 is 0 Å². The van der Waals surface area contributed by atoms with Crippen LogP contribution in [0.5, 0.6) is 28.7 Å². The number of rotatable bonds is 8. The summed E-state index contributed by atoms with van der Waals surface area (Å²) in [6.07, 6.45) is 1.52. The molecule has 0 radical (unpaired) electrons. The number of carbonyl (C=O) groups excluding carboxylic acids is 1. The van der Waals surface area contributed by atoms with Gasteiger partial charge in [-0.1, -0.05) is 0 Å². The van der Waals surface area contributed by atoms with Gasteiger partial charge in [-0.05, 0) is 54.6 Å². The first-order chi connectivity index (χ1) is 17.9. The minimum atomic E-state index is -0.479. The van der Waals surface area contributed by atoms with Crippen molar-refractivity contribution in [1.82, 2.24) is 4.57 Å². The molecule has 0 spiro atoms. The molecule has 0 saturated heterocycles. The Morgan fingerprint density at radius 3 is 1.84 bits per heavy atom. The molecule has 0 bridgehead atoms. The fourth-order valence-electron chi connectivity index (χ4n) is 4.15. The van der Waals surface area contributed by atoms with Gasteiger partial charge in [0.25, 0.3) is 5.91 Å². The van der Waals surface area contributed by atoms with Crippen LogP contribution < -0.4 is 34.0 Å². The average Bonchev–Trinajstić information content (AvgIpc) is 2.95. The smallest absolute Gasteiger partial charge is 0.263 e. The predicted octanol–water partition coefficient (Wildman–Crippen LogP) is 4.31. The molecule has 0 N–H and O–H groups in total. The lowest BCUT2D eigenvalue weighted by Gasteiger charge is -2.21. The van der Waals surface area contributed by atoms with E-state index >= 15 is 0 Å². The van der Waals surface area contributed by atoms with Gasteiger partial charge in [0.15, 0.2) is 11.5 Å². The van der Waals surface area contributed by atoms with Crippen molar-refractivity contribution in [1.29, 1.82) is 0 Å². The Morgan fingerprint density at radius 2 is 1.32 bits per heavy atom. The standard InChI is InChI=1S/C28H28N2O7/c1-29(17-7-11-19(33-2)12-8-17)28(32)22-16-30(18-9-13-20(34-3)14-10-18)24-21(25(22)31)15-23(35-4)26(36-5)27(24)37-6/h7-16H,1-6H3. The van der Waals surface area contributed by atoms with Gasteiger partial charge in [-0.2, -0.15) is 0 Å². The molecule has 9 nitrogen and oxygen atoms in total. The zero-order valence-electron chi connectivity index (χ0n) is 21.5. The molecule has 1 heterocycles. The molecular weight excluding hydrogens is 476 g/mol. The number of hydrogen-bond acceptors (Lipinski definition) is 7. The van der Waals surface area contributed by atoms with E-state index in [0.29, 0.717) is 45.6 Å². The zero-order valence-corrected chi connectivity index (χ0v) is 21.5. The van der Waals surface area contributed by atoms with E-state index in [2.05, 4.69) is 0 Å². The quantitative estimate of drug-likeness (QED) is 0.353. The number of benzene rings is 3. The second-order valence-corrected chi connectivity index (χ2v) is 8.04. The number of hydrogen-bond donors (Lipinski definition) is 0. The number of nitrogens with zero attached hydrogens (tertiary/aromatic N) is 2. The summed E-state index contributed by atoms with van der Waals surface area (Å²) in [5.74, 6) is 1.77. The zero-order chi connectivity index (χ0) is 26.7. The first-order valence-corrected chi connectivity index (χ1v) is 11.3. The summed E-state index contributed by atoms with van der Waals surface area (Å²) >= 11 is 0. The topological polar surface area (TPSA) is 88.5 Å². The first kappa shape index (κ1) is 25.4. The summed E-state index contributed by atoms with van der Waals surface area (Å²) in [6, 6.07) is 15.8. The van der Waals surface area contributed by atoms with Crippen molar-refractivity contribution in [3.8, 4) is 34.4 Å². The van der Waals surface area contributed by atoms with E-state index in [0.717, 1.165) is 0 Å². The molecule has 0 saturated carbocycles. The lowest BCUT2D eigenvalue weighted by atomic mass is 10.1. The van der Waals surface area contributed by atoms with Crippen molar-refractivity contribution in [2.75, 3.05) is 47.5 Å². The largest absolute Gasteiger partial charge is 0.497 e. The number of methoxy groups -OCH3 is 5. The van der Waals surface area contributed by atoms with Crippen LogP contribution in [0.3, 0.4) is 0 Å². The Kier molecular flexibility index (Phi) is 7.24. The van der Waals surface area contributed by atoms with Crippen LogP contribution in [-0.4, -0.2) is 53.1 Å². The third-order valence-corrected chi connectivity index (χ3v) is 6.14. The molecule has 3 aromatic carbocycles. The SMILES string of the molecule is COc1ccc(N(C)C(=O)c2cn(-c3ccc(OC)cc3)c3c(OC)c(OC)c(OC)cc3c2=O)cc1. The Labute approximate surface area is 214 Å². The summed E-state index contributed by atoms with van der Waals surface area (Å²) in [4.78, 5) is 28.8. The highest BCUT2D eigenvalue weighted by Crippen LogP contribution is 2.43. The number of pyridine rings is 1. The maximum atomic E-state index is 13.8. The first-order valence-electron chi connectivity index (χ1n) is 11.3. The van der Waals surface area contributed by atoms with E-state index in [1.807, 2.05) is 12.1 Å². The maximum absolute atomic E-state index is 13.8. The Bertz CT molecular complexity index is 1490. The minimum Gasteiger partial charge on any atom is -0.497 e. The summed E-state index contributed by atoms with van der Waals surface area (Å²) in [7, 11) is 9.20. The van der Waals surface area contributed by atoms with Gasteiger partial charge in [0.05, 0.1) is 40.9 Å². The van der Waals surface area contributed by atoms with E-state index in [1.54, 1.807) is 68.3 Å². The molecule has 4 rings (SSSR count). The summed E-state index contributed by atoms with van der Waals surface area (Å²) in [5, 5.41) is 0.235. The van der Waals surface area contributed by atoms with Gasteiger partial charge in [0.1, 0.15) is 22.6 Å². The van der Waals surface area contributed by atoms with Crippen LogP contribution in [0.25, 0.3) is 16.6 Å². The van der Waals surface area contributed by atoms with Gasteiger partial charge in [0.2, 0.25) is 11.2 Å². The number of amides is 1. The maximum Gasteiger partial charge on any atom is 0.263 e. The van der Waals surface area contributed by atoms with Crippen LogP contribution in [0.1, 0.15) is 10.4 Å². The molecule has 0 fully saturated rings. The molecule has 0 atom stereocenters. The second kappa shape index (κ2) is 10.5. The van der Waals surface area contributed by atoms with Gasteiger partial charge in [-0.3, -0.25) is 9.59 Å². The number of ether oxygens (including phenoxy) is 5. The Balaban J connectivity index is 2.01. The van der Waals surface area contributed by atoms with Crippen molar-refractivity contribution in [2.45, 2.75) is 0 Å². The molecular formula is C28H28N2O7. The van der Waals surface area contributed by atoms with Gasteiger partial charge in [-0.15, -0.1) is 0 Å². The fourth-order valence-corrected chi connectivity index (χ4v) is 4.15. The highest BCUT2D eigenvalue weighted by Gasteiger charge is 2.26. The Hall–Kier alpha value is -4.66. The summed E-state index contributed by atoms with van der Waals surface area (Å²) < 4.78 is 29.0. The molecule has 0 unspecified atom stereocenters. The minimum absolute atomic E-state index is 0.0316. The van der Waals surface area contributed by atoms with Gasteiger partial charge in [-0.25, -0.2) is 0 Å². The van der Waals surface area contributed by atoms with Crippen LogP contribution in [-0.2, 0) is 0 Å². The molecule has 37 heavy (non-hydrogen) atoms. The third-order valence-electron chi connectivity index (χ3n) is 6.14. The highest BCUT2D eigenvalue weighted by atomic mass is 16.5. The summed E-state index contributed by atoms with van der Waals surface area (Å²) in [5.41, 5.74) is 1.21. The predicted molar refractivity (Wildman–Crippen MR) is 141 cm³/mol. The molecule has 0 aliphatic rings. The monoisotopic (exact) mass is 504 g/mol. The Morgan fingerprint density at radius 1 is 0.757 bits per heavy atom. The molecule has 0 aliphatic carbocycles. The molecule has 1 aromatic heterocycles. The highest BCUT2D eigenvalue weighted by molar-refractivity contribution is 6.08. The van der Waals surface area contributed by atoms with Crippen LogP contribution in [0.2, 0.25) is 0 Å². The van der Waals surface area contributed by atoms with Crippen molar-refractivity contribution in [3.05, 3.63) is 76.6 Å². The third kappa shape index (κ3) is 4.51. The molecule has 1 amide bonds. The van der Waals surface area contributed by atoms with E-state index < -0.39 is 11.3 Å². The van der Waals surface area contributed by atoms with Crippen LogP contribution in [0.15, 0.2) is 65.6 Å². The van der Waals surface area contributed by atoms with E-state index in [-0.39, 0.29) is 10.9 Å². The number of aromatic nitrogens is 1. The van der Waals surface area contributed by atoms with E-state index in [4.69, 9.17) is 23.7 Å². The van der Waals surface area contributed by atoms with Crippen LogP contribution in [0, 0.1) is 0 Å².